The highest BCUT2D eigenvalue weighted by atomic mass is 16.6. The third-order valence-corrected chi connectivity index (χ3v) is 5.46. The summed E-state index contributed by atoms with van der Waals surface area (Å²) in [5, 5.41) is 8.60. The quantitative estimate of drug-likeness (QED) is 0.674. The van der Waals surface area contributed by atoms with Gasteiger partial charge in [-0.1, -0.05) is 18.2 Å². The van der Waals surface area contributed by atoms with Gasteiger partial charge in [0.1, 0.15) is 5.60 Å². The van der Waals surface area contributed by atoms with Gasteiger partial charge in [0.25, 0.3) is 5.91 Å². The molecule has 1 aliphatic rings. The molecule has 2 N–H and O–H groups in total. The van der Waals surface area contributed by atoms with E-state index in [1.807, 2.05) is 52.2 Å². The number of para-hydroxylation sites is 1. The predicted octanol–water partition coefficient (Wildman–Crippen LogP) is 3.17. The van der Waals surface area contributed by atoms with Gasteiger partial charge in [-0.05, 0) is 38.8 Å². The number of aromatic nitrogens is 3. The Labute approximate surface area is 181 Å². The van der Waals surface area contributed by atoms with Crippen molar-refractivity contribution >= 4 is 22.9 Å². The Hall–Kier alpha value is -3.29. The third kappa shape index (κ3) is 4.42. The zero-order valence-corrected chi connectivity index (χ0v) is 18.5. The Morgan fingerprint density at radius 3 is 2.81 bits per heavy atom. The molecule has 0 fully saturated rings. The molecule has 31 heavy (non-hydrogen) atoms. The maximum atomic E-state index is 12.9. The van der Waals surface area contributed by atoms with E-state index in [0.29, 0.717) is 31.7 Å². The monoisotopic (exact) mass is 423 g/mol. The predicted molar refractivity (Wildman–Crippen MR) is 118 cm³/mol. The minimum Gasteiger partial charge on any atom is -0.444 e. The molecule has 2 amide bonds. The van der Waals surface area contributed by atoms with E-state index < -0.39 is 5.60 Å². The molecular weight excluding hydrogens is 394 g/mol. The van der Waals surface area contributed by atoms with Crippen LogP contribution in [0.3, 0.4) is 0 Å². The maximum Gasteiger partial charge on any atom is 0.410 e. The Bertz CT molecular complexity index is 1120. The van der Waals surface area contributed by atoms with Gasteiger partial charge < -0.3 is 19.9 Å². The number of aromatic amines is 1. The van der Waals surface area contributed by atoms with Gasteiger partial charge in [-0.2, -0.15) is 5.10 Å². The number of amides is 2. The van der Waals surface area contributed by atoms with Gasteiger partial charge in [0, 0.05) is 54.9 Å². The van der Waals surface area contributed by atoms with Crippen LogP contribution in [-0.2, 0) is 31.2 Å². The molecule has 4 rings (SSSR count). The van der Waals surface area contributed by atoms with Crippen molar-refractivity contribution in [1.29, 1.82) is 0 Å². The van der Waals surface area contributed by atoms with Crippen LogP contribution in [0.1, 0.15) is 48.1 Å². The summed E-state index contributed by atoms with van der Waals surface area (Å²) in [5.41, 5.74) is 3.85. The Balaban J connectivity index is 1.43. The SMILES string of the molecule is Cn1nc(C(=O)NCCc2c[nH]c3ccccc23)c2c1CCN(C(=O)OC(C)(C)C)C2. The highest BCUT2D eigenvalue weighted by Crippen LogP contribution is 2.24. The van der Waals surface area contributed by atoms with Crippen molar-refractivity contribution in [3.05, 3.63) is 53.0 Å². The van der Waals surface area contributed by atoms with Crippen LogP contribution in [0.15, 0.2) is 30.5 Å². The largest absolute Gasteiger partial charge is 0.444 e. The molecule has 0 aliphatic carbocycles. The minimum absolute atomic E-state index is 0.220. The van der Waals surface area contributed by atoms with Crippen molar-refractivity contribution in [3.63, 3.8) is 0 Å². The number of nitrogens with zero attached hydrogens (tertiary/aromatic N) is 3. The Morgan fingerprint density at radius 2 is 2.03 bits per heavy atom. The van der Waals surface area contributed by atoms with Crippen molar-refractivity contribution in [2.75, 3.05) is 13.1 Å². The summed E-state index contributed by atoms with van der Waals surface area (Å²) in [6.45, 7) is 6.90. The van der Waals surface area contributed by atoms with E-state index >= 15 is 0 Å². The minimum atomic E-state index is -0.561. The van der Waals surface area contributed by atoms with Crippen LogP contribution in [0.2, 0.25) is 0 Å². The number of hydrogen-bond donors (Lipinski definition) is 2. The number of H-pyrrole nitrogens is 1. The fraction of sp³-hybridized carbons (Fsp3) is 0.435. The first-order valence-electron chi connectivity index (χ1n) is 10.6. The standard InChI is InChI=1S/C23H29N5O3/c1-23(2,3)31-22(30)28-12-10-19-17(14-28)20(26-27(19)4)21(29)24-11-9-15-13-25-18-8-6-5-7-16(15)18/h5-8,13,25H,9-12,14H2,1-4H3,(H,24,29). The second-order valence-corrected chi connectivity index (χ2v) is 8.91. The molecule has 0 unspecified atom stereocenters. The molecule has 8 nitrogen and oxygen atoms in total. The van der Waals surface area contributed by atoms with Crippen LogP contribution in [0.4, 0.5) is 4.79 Å². The lowest BCUT2D eigenvalue weighted by atomic mass is 10.0. The van der Waals surface area contributed by atoms with Gasteiger partial charge in [0.05, 0.1) is 6.54 Å². The van der Waals surface area contributed by atoms with E-state index in [9.17, 15) is 9.59 Å². The first-order valence-corrected chi connectivity index (χ1v) is 10.6. The molecule has 8 heteroatoms. The van der Waals surface area contributed by atoms with E-state index in [1.54, 1.807) is 9.58 Å². The number of carbonyl (C=O) groups excluding carboxylic acids is 2. The van der Waals surface area contributed by atoms with Gasteiger partial charge in [0.2, 0.25) is 0 Å². The number of nitrogens with one attached hydrogen (secondary N) is 2. The second kappa shape index (κ2) is 8.09. The Kier molecular flexibility index (Phi) is 5.47. The lowest BCUT2D eigenvalue weighted by Gasteiger charge is -2.30. The van der Waals surface area contributed by atoms with Crippen LogP contribution < -0.4 is 5.32 Å². The molecule has 0 saturated heterocycles. The lowest BCUT2D eigenvalue weighted by molar-refractivity contribution is 0.0221. The fourth-order valence-electron chi connectivity index (χ4n) is 3.99. The smallest absolute Gasteiger partial charge is 0.410 e. The topological polar surface area (TPSA) is 92.3 Å². The average Bonchev–Trinajstić information content (AvgIpc) is 3.28. The number of rotatable bonds is 4. The first kappa shape index (κ1) is 21.0. The summed E-state index contributed by atoms with van der Waals surface area (Å²) in [6, 6.07) is 8.11. The summed E-state index contributed by atoms with van der Waals surface area (Å²) < 4.78 is 7.24. The summed E-state index contributed by atoms with van der Waals surface area (Å²) in [7, 11) is 1.84. The van der Waals surface area contributed by atoms with Gasteiger partial charge in [-0.15, -0.1) is 0 Å². The molecule has 3 aromatic rings. The highest BCUT2D eigenvalue weighted by molar-refractivity contribution is 5.94. The number of benzene rings is 1. The number of aryl methyl sites for hydroxylation is 1. The average molecular weight is 424 g/mol. The molecule has 1 aromatic carbocycles. The van der Waals surface area contributed by atoms with Crippen LogP contribution in [0.25, 0.3) is 10.9 Å². The molecule has 0 radical (unpaired) electrons. The first-order chi connectivity index (χ1) is 14.7. The summed E-state index contributed by atoms with van der Waals surface area (Å²) >= 11 is 0. The molecule has 3 heterocycles. The second-order valence-electron chi connectivity index (χ2n) is 8.91. The van der Waals surface area contributed by atoms with Gasteiger partial charge in [-0.3, -0.25) is 9.48 Å². The molecule has 2 aromatic heterocycles. The van der Waals surface area contributed by atoms with Crippen LogP contribution >= 0.6 is 0 Å². The van der Waals surface area contributed by atoms with E-state index in [4.69, 9.17) is 4.74 Å². The molecule has 1 aliphatic heterocycles. The number of carbonyl (C=O) groups is 2. The molecular formula is C23H29N5O3. The fourth-order valence-corrected chi connectivity index (χ4v) is 3.99. The van der Waals surface area contributed by atoms with Crippen molar-refractivity contribution in [2.45, 2.75) is 45.8 Å². The van der Waals surface area contributed by atoms with Gasteiger partial charge in [-0.25, -0.2) is 4.79 Å². The molecule has 0 spiro atoms. The van der Waals surface area contributed by atoms with Crippen molar-refractivity contribution in [3.8, 4) is 0 Å². The summed E-state index contributed by atoms with van der Waals surface area (Å²) in [5.74, 6) is -0.220. The van der Waals surface area contributed by atoms with Gasteiger partial charge in [0.15, 0.2) is 5.69 Å². The van der Waals surface area contributed by atoms with Crippen molar-refractivity contribution < 1.29 is 14.3 Å². The van der Waals surface area contributed by atoms with Crippen LogP contribution in [-0.4, -0.2) is 50.4 Å². The van der Waals surface area contributed by atoms with Crippen LogP contribution in [0, 0.1) is 0 Å². The van der Waals surface area contributed by atoms with Crippen molar-refractivity contribution in [2.24, 2.45) is 7.05 Å². The molecule has 0 saturated carbocycles. The molecule has 0 bridgehead atoms. The zero-order chi connectivity index (χ0) is 22.2. The van der Waals surface area contributed by atoms with E-state index in [1.165, 1.54) is 5.39 Å². The maximum absolute atomic E-state index is 12.9. The van der Waals surface area contributed by atoms with Gasteiger partial charge >= 0.3 is 6.09 Å². The van der Waals surface area contributed by atoms with Crippen LogP contribution in [0.5, 0.6) is 0 Å². The number of hydrogen-bond acceptors (Lipinski definition) is 4. The number of fused-ring (bicyclic) bond motifs is 2. The third-order valence-electron chi connectivity index (χ3n) is 5.46. The highest BCUT2D eigenvalue weighted by Gasteiger charge is 2.31. The zero-order valence-electron chi connectivity index (χ0n) is 18.5. The Morgan fingerprint density at radius 1 is 1.26 bits per heavy atom. The normalized spacial score (nSPS) is 13.9. The summed E-state index contributed by atoms with van der Waals surface area (Å²) in [6.07, 6.45) is 2.97. The van der Waals surface area contributed by atoms with E-state index in [-0.39, 0.29) is 12.0 Å². The van der Waals surface area contributed by atoms with E-state index in [2.05, 4.69) is 21.5 Å². The van der Waals surface area contributed by atoms with Crippen molar-refractivity contribution in [1.82, 2.24) is 25.0 Å². The molecule has 164 valence electrons. The van der Waals surface area contributed by atoms with E-state index in [0.717, 1.165) is 28.8 Å². The lowest BCUT2D eigenvalue weighted by Crippen LogP contribution is -2.40. The summed E-state index contributed by atoms with van der Waals surface area (Å²) in [4.78, 5) is 30.3. The number of ether oxygens (including phenoxy) is 1. The molecule has 0 atom stereocenters.